The van der Waals surface area contributed by atoms with Crippen molar-refractivity contribution in [3.8, 4) is 0 Å². The maximum atomic E-state index is 12.3. The molecule has 2 aromatic rings. The summed E-state index contributed by atoms with van der Waals surface area (Å²) in [5.74, 6) is -2.86. The van der Waals surface area contributed by atoms with Crippen molar-refractivity contribution in [2.45, 2.75) is 13.3 Å². The van der Waals surface area contributed by atoms with Crippen LogP contribution < -0.4 is 10.7 Å². The van der Waals surface area contributed by atoms with Crippen molar-refractivity contribution in [2.24, 2.45) is 5.92 Å². The van der Waals surface area contributed by atoms with E-state index in [1.807, 2.05) is 0 Å². The monoisotopic (exact) mass is 507 g/mol. The van der Waals surface area contributed by atoms with Crippen LogP contribution in [0, 0.1) is 12.8 Å². The van der Waals surface area contributed by atoms with Crippen LogP contribution in [-0.2, 0) is 19.1 Å². The molecule has 0 aliphatic carbocycles. The molecule has 1 atom stereocenters. The van der Waals surface area contributed by atoms with Gasteiger partial charge in [0.25, 0.3) is 11.8 Å². The largest absolute Gasteiger partial charge is 0.455 e. The second kappa shape index (κ2) is 9.93. The zero-order valence-corrected chi connectivity index (χ0v) is 18.8. The highest BCUT2D eigenvalue weighted by molar-refractivity contribution is 9.10. The van der Waals surface area contributed by atoms with Crippen molar-refractivity contribution in [1.29, 1.82) is 0 Å². The summed E-state index contributed by atoms with van der Waals surface area (Å²) in [5.41, 5.74) is 4.15. The van der Waals surface area contributed by atoms with Crippen LogP contribution in [0.25, 0.3) is 0 Å². The molecular formula is C21H19BrClN3O5. The summed E-state index contributed by atoms with van der Waals surface area (Å²) in [6, 6.07) is 11.7. The van der Waals surface area contributed by atoms with Crippen LogP contribution in [-0.4, -0.2) is 41.9 Å². The normalized spacial score (nSPS) is 15.5. The SMILES string of the molecule is Cc1cc(Br)c(Cl)cc1NC(=O)COC(=O)[C@H]1CC(=O)N(NC(=O)c2ccccc2)C1. The van der Waals surface area contributed by atoms with Gasteiger partial charge < -0.3 is 10.1 Å². The lowest BCUT2D eigenvalue weighted by Crippen LogP contribution is -2.43. The number of nitrogens with one attached hydrogen (secondary N) is 2. The minimum Gasteiger partial charge on any atom is -0.455 e. The number of benzene rings is 2. The number of rotatable bonds is 6. The smallest absolute Gasteiger partial charge is 0.311 e. The summed E-state index contributed by atoms with van der Waals surface area (Å²) in [6.07, 6.45) is -0.114. The van der Waals surface area contributed by atoms with Gasteiger partial charge in [-0.1, -0.05) is 29.8 Å². The summed E-state index contributed by atoms with van der Waals surface area (Å²) >= 11 is 9.34. The summed E-state index contributed by atoms with van der Waals surface area (Å²) in [5, 5.41) is 4.15. The number of ether oxygens (including phenoxy) is 1. The Bertz CT molecular complexity index is 1030. The molecule has 0 aromatic heterocycles. The number of hydrogen-bond donors (Lipinski definition) is 2. The summed E-state index contributed by atoms with van der Waals surface area (Å²) < 4.78 is 5.76. The van der Waals surface area contributed by atoms with Crippen LogP contribution in [0.2, 0.25) is 5.02 Å². The minimum atomic E-state index is -0.778. The van der Waals surface area contributed by atoms with Crippen molar-refractivity contribution in [1.82, 2.24) is 10.4 Å². The fourth-order valence-electron chi connectivity index (χ4n) is 2.97. The highest BCUT2D eigenvalue weighted by Gasteiger charge is 2.36. The Labute approximate surface area is 192 Å². The number of amides is 3. The molecule has 0 saturated carbocycles. The first-order valence-corrected chi connectivity index (χ1v) is 10.5. The van der Waals surface area contributed by atoms with Crippen molar-refractivity contribution < 1.29 is 23.9 Å². The first-order valence-electron chi connectivity index (χ1n) is 9.33. The third-order valence-electron chi connectivity index (χ3n) is 4.62. The second-order valence-electron chi connectivity index (χ2n) is 6.95. The van der Waals surface area contributed by atoms with Gasteiger partial charge in [0.2, 0.25) is 5.91 Å². The molecule has 3 amide bonds. The van der Waals surface area contributed by atoms with Crippen LogP contribution in [0.1, 0.15) is 22.3 Å². The zero-order chi connectivity index (χ0) is 22.5. The number of hydrazine groups is 1. The van der Waals surface area contributed by atoms with Crippen molar-refractivity contribution in [2.75, 3.05) is 18.5 Å². The molecule has 1 aliphatic heterocycles. The van der Waals surface area contributed by atoms with E-state index in [9.17, 15) is 19.2 Å². The Balaban J connectivity index is 1.50. The van der Waals surface area contributed by atoms with E-state index in [4.69, 9.17) is 16.3 Å². The van der Waals surface area contributed by atoms with E-state index in [0.29, 0.717) is 20.7 Å². The number of nitrogens with zero attached hydrogens (tertiary/aromatic N) is 1. The Morgan fingerprint density at radius 3 is 2.65 bits per heavy atom. The highest BCUT2D eigenvalue weighted by Crippen LogP contribution is 2.29. The number of hydrogen-bond acceptors (Lipinski definition) is 5. The molecule has 0 bridgehead atoms. The number of halogens is 2. The molecule has 10 heteroatoms. The first-order chi connectivity index (χ1) is 14.7. The van der Waals surface area contributed by atoms with Gasteiger partial charge in [0.05, 0.1) is 17.5 Å². The van der Waals surface area contributed by atoms with Crippen LogP contribution in [0.5, 0.6) is 0 Å². The fraction of sp³-hybridized carbons (Fsp3) is 0.238. The molecule has 3 rings (SSSR count). The zero-order valence-electron chi connectivity index (χ0n) is 16.5. The molecule has 1 aliphatic rings. The molecule has 162 valence electrons. The molecule has 0 radical (unpaired) electrons. The molecule has 0 spiro atoms. The molecule has 0 unspecified atom stereocenters. The standard InChI is InChI=1S/C21H19BrClN3O5/c1-12-7-15(22)16(23)9-17(12)24-18(27)11-31-21(30)14-8-19(28)26(10-14)25-20(29)13-5-3-2-4-6-13/h2-7,9,14H,8,10-11H2,1H3,(H,24,27)(H,25,29)/t14-/m0/s1. The number of esters is 1. The Kier molecular flexibility index (Phi) is 7.29. The van der Waals surface area contributed by atoms with E-state index in [2.05, 4.69) is 26.7 Å². The van der Waals surface area contributed by atoms with Crippen molar-refractivity contribution in [3.63, 3.8) is 0 Å². The van der Waals surface area contributed by atoms with Gasteiger partial charge in [0, 0.05) is 22.1 Å². The second-order valence-corrected chi connectivity index (χ2v) is 8.21. The van der Waals surface area contributed by atoms with Gasteiger partial charge in [-0.3, -0.25) is 29.6 Å². The van der Waals surface area contributed by atoms with Crippen LogP contribution in [0.15, 0.2) is 46.9 Å². The molecule has 1 heterocycles. The molecule has 31 heavy (non-hydrogen) atoms. The lowest BCUT2D eigenvalue weighted by Gasteiger charge is -2.17. The number of anilines is 1. The van der Waals surface area contributed by atoms with E-state index >= 15 is 0 Å². The van der Waals surface area contributed by atoms with E-state index < -0.39 is 36.2 Å². The Morgan fingerprint density at radius 2 is 1.94 bits per heavy atom. The fourth-order valence-corrected chi connectivity index (χ4v) is 3.59. The number of carbonyl (C=O) groups is 4. The lowest BCUT2D eigenvalue weighted by atomic mass is 10.1. The maximum Gasteiger partial charge on any atom is 0.311 e. The third kappa shape index (κ3) is 5.83. The molecule has 2 N–H and O–H groups in total. The third-order valence-corrected chi connectivity index (χ3v) is 5.81. The number of carbonyl (C=O) groups excluding carboxylic acids is 4. The van der Waals surface area contributed by atoms with Gasteiger partial charge in [-0.05, 0) is 52.7 Å². The average Bonchev–Trinajstić information content (AvgIpc) is 3.11. The summed E-state index contributed by atoms with van der Waals surface area (Å²) in [6.45, 7) is 1.26. The van der Waals surface area contributed by atoms with Gasteiger partial charge in [0.1, 0.15) is 0 Å². The van der Waals surface area contributed by atoms with E-state index in [1.165, 1.54) is 0 Å². The van der Waals surface area contributed by atoms with Crippen molar-refractivity contribution >= 4 is 56.9 Å². The predicted molar refractivity (Wildman–Crippen MR) is 117 cm³/mol. The topological polar surface area (TPSA) is 105 Å². The van der Waals surface area contributed by atoms with Gasteiger partial charge in [0.15, 0.2) is 6.61 Å². The van der Waals surface area contributed by atoms with Crippen LogP contribution in [0.4, 0.5) is 5.69 Å². The van der Waals surface area contributed by atoms with E-state index in [0.717, 1.165) is 10.6 Å². The molecule has 2 aromatic carbocycles. The lowest BCUT2D eigenvalue weighted by molar-refractivity contribution is -0.151. The Morgan fingerprint density at radius 1 is 1.23 bits per heavy atom. The van der Waals surface area contributed by atoms with Crippen LogP contribution >= 0.6 is 27.5 Å². The van der Waals surface area contributed by atoms with Gasteiger partial charge in [-0.15, -0.1) is 0 Å². The van der Waals surface area contributed by atoms with Gasteiger partial charge in [-0.2, -0.15) is 0 Å². The maximum absolute atomic E-state index is 12.3. The molecule has 8 nitrogen and oxygen atoms in total. The quantitative estimate of drug-likeness (QED) is 0.584. The number of aryl methyl sites for hydroxylation is 1. The van der Waals surface area contributed by atoms with Gasteiger partial charge in [-0.25, -0.2) is 0 Å². The predicted octanol–water partition coefficient (Wildman–Crippen LogP) is 3.09. The minimum absolute atomic E-state index is 0.0285. The molecular weight excluding hydrogens is 490 g/mol. The molecule has 1 fully saturated rings. The van der Waals surface area contributed by atoms with E-state index in [1.54, 1.807) is 49.4 Å². The summed E-state index contributed by atoms with van der Waals surface area (Å²) in [7, 11) is 0. The first kappa shape index (κ1) is 22.8. The molecule has 1 saturated heterocycles. The van der Waals surface area contributed by atoms with Crippen molar-refractivity contribution in [3.05, 3.63) is 63.1 Å². The van der Waals surface area contributed by atoms with Gasteiger partial charge >= 0.3 is 5.97 Å². The highest BCUT2D eigenvalue weighted by atomic mass is 79.9. The average molecular weight is 509 g/mol. The summed E-state index contributed by atoms with van der Waals surface area (Å²) in [4.78, 5) is 48.8. The Hall–Kier alpha value is -2.91. The van der Waals surface area contributed by atoms with Crippen LogP contribution in [0.3, 0.4) is 0 Å². The van der Waals surface area contributed by atoms with E-state index in [-0.39, 0.29) is 13.0 Å².